The first-order valence-electron chi connectivity index (χ1n) is 4.91. The van der Waals surface area contributed by atoms with Crippen LogP contribution < -0.4 is 0 Å². The molecule has 0 unspecified atom stereocenters. The Balaban J connectivity index is 1.95. The lowest BCUT2D eigenvalue weighted by molar-refractivity contribution is -0.127. The van der Waals surface area contributed by atoms with Crippen molar-refractivity contribution in [1.29, 1.82) is 0 Å². The number of aliphatic hydroxyl groups is 1. The quantitative estimate of drug-likeness (QED) is 0.615. The molecule has 2 aliphatic carbocycles. The maximum atomic E-state index is 9.84. The zero-order valence-electron chi connectivity index (χ0n) is 7.40. The Morgan fingerprint density at radius 1 is 1.18 bits per heavy atom. The van der Waals surface area contributed by atoms with Gasteiger partial charge in [-0.05, 0) is 37.5 Å². The SMILES string of the molecule is CCC1(O)CC2(CCCC2)C1. The summed E-state index contributed by atoms with van der Waals surface area (Å²) < 4.78 is 0. The molecule has 0 atom stereocenters. The standard InChI is InChI=1S/C10H18O/c1-2-10(11)7-9(8-10)5-3-4-6-9/h11H,2-8H2,1H3. The van der Waals surface area contributed by atoms with E-state index in [9.17, 15) is 5.11 Å². The molecule has 0 heterocycles. The van der Waals surface area contributed by atoms with E-state index < -0.39 is 0 Å². The van der Waals surface area contributed by atoms with Crippen LogP contribution in [0, 0.1) is 5.41 Å². The Morgan fingerprint density at radius 3 is 2.18 bits per heavy atom. The van der Waals surface area contributed by atoms with E-state index in [1.54, 1.807) is 0 Å². The average Bonchev–Trinajstić information content (AvgIpc) is 2.35. The van der Waals surface area contributed by atoms with E-state index in [1.807, 2.05) is 0 Å². The molecule has 1 N–H and O–H groups in total. The van der Waals surface area contributed by atoms with Gasteiger partial charge in [0, 0.05) is 0 Å². The normalized spacial score (nSPS) is 32.2. The molecule has 1 spiro atoms. The first-order valence-corrected chi connectivity index (χ1v) is 4.91. The lowest BCUT2D eigenvalue weighted by atomic mass is 9.57. The molecule has 0 radical (unpaired) electrons. The monoisotopic (exact) mass is 154 g/mol. The van der Waals surface area contributed by atoms with Crippen LogP contribution in [-0.2, 0) is 0 Å². The summed E-state index contributed by atoms with van der Waals surface area (Å²) in [5.74, 6) is 0. The van der Waals surface area contributed by atoms with Gasteiger partial charge in [-0.2, -0.15) is 0 Å². The van der Waals surface area contributed by atoms with Crippen LogP contribution in [-0.4, -0.2) is 10.7 Å². The van der Waals surface area contributed by atoms with E-state index in [2.05, 4.69) is 6.92 Å². The molecule has 0 aliphatic heterocycles. The van der Waals surface area contributed by atoms with Crippen LogP contribution in [0.3, 0.4) is 0 Å². The van der Waals surface area contributed by atoms with E-state index in [0.29, 0.717) is 5.41 Å². The summed E-state index contributed by atoms with van der Waals surface area (Å²) in [5, 5.41) is 9.84. The molecule has 0 aromatic rings. The molecule has 0 aromatic heterocycles. The number of hydrogen-bond donors (Lipinski definition) is 1. The lowest BCUT2D eigenvalue weighted by Gasteiger charge is -2.51. The van der Waals surface area contributed by atoms with Crippen LogP contribution in [0.2, 0.25) is 0 Å². The van der Waals surface area contributed by atoms with Gasteiger partial charge in [-0.3, -0.25) is 0 Å². The summed E-state index contributed by atoms with van der Waals surface area (Å²) in [6, 6.07) is 0. The van der Waals surface area contributed by atoms with Gasteiger partial charge >= 0.3 is 0 Å². The minimum atomic E-state index is -0.260. The van der Waals surface area contributed by atoms with Gasteiger partial charge in [-0.15, -0.1) is 0 Å². The number of rotatable bonds is 1. The van der Waals surface area contributed by atoms with Crippen molar-refractivity contribution in [1.82, 2.24) is 0 Å². The maximum absolute atomic E-state index is 9.84. The fourth-order valence-electron chi connectivity index (χ4n) is 3.07. The second kappa shape index (κ2) is 2.22. The second-order valence-corrected chi connectivity index (χ2v) is 4.64. The molecular formula is C10H18O. The molecule has 0 aromatic carbocycles. The van der Waals surface area contributed by atoms with E-state index in [0.717, 1.165) is 19.3 Å². The fourth-order valence-corrected chi connectivity index (χ4v) is 3.07. The van der Waals surface area contributed by atoms with Crippen molar-refractivity contribution in [3.8, 4) is 0 Å². The van der Waals surface area contributed by atoms with Crippen LogP contribution in [0.25, 0.3) is 0 Å². The average molecular weight is 154 g/mol. The van der Waals surface area contributed by atoms with Gasteiger partial charge in [0.1, 0.15) is 0 Å². The third-order valence-electron chi connectivity index (χ3n) is 3.73. The first kappa shape index (κ1) is 7.60. The molecule has 2 saturated carbocycles. The smallest absolute Gasteiger partial charge is 0.0655 e. The molecule has 11 heavy (non-hydrogen) atoms. The fraction of sp³-hybridized carbons (Fsp3) is 1.00. The minimum Gasteiger partial charge on any atom is -0.390 e. The van der Waals surface area contributed by atoms with Gasteiger partial charge in [0.15, 0.2) is 0 Å². The molecular weight excluding hydrogens is 136 g/mol. The van der Waals surface area contributed by atoms with Gasteiger partial charge in [0.05, 0.1) is 5.60 Å². The summed E-state index contributed by atoms with van der Waals surface area (Å²) in [5.41, 5.74) is 0.342. The Hall–Kier alpha value is -0.0400. The van der Waals surface area contributed by atoms with Crippen LogP contribution in [0.1, 0.15) is 51.9 Å². The maximum Gasteiger partial charge on any atom is 0.0655 e. The van der Waals surface area contributed by atoms with Crippen LogP contribution in [0.4, 0.5) is 0 Å². The highest BCUT2D eigenvalue weighted by molar-refractivity contribution is 5.05. The molecule has 2 rings (SSSR count). The summed E-state index contributed by atoms with van der Waals surface area (Å²) in [6.45, 7) is 2.10. The minimum absolute atomic E-state index is 0.260. The largest absolute Gasteiger partial charge is 0.390 e. The first-order chi connectivity index (χ1) is 5.18. The van der Waals surface area contributed by atoms with Crippen molar-refractivity contribution in [3.05, 3.63) is 0 Å². The van der Waals surface area contributed by atoms with Crippen molar-refractivity contribution < 1.29 is 5.11 Å². The van der Waals surface area contributed by atoms with E-state index in [4.69, 9.17) is 0 Å². The molecule has 1 nitrogen and oxygen atoms in total. The highest BCUT2D eigenvalue weighted by atomic mass is 16.3. The zero-order valence-corrected chi connectivity index (χ0v) is 7.40. The summed E-state index contributed by atoms with van der Waals surface area (Å²) in [6.07, 6.45) is 8.71. The molecule has 0 amide bonds. The molecule has 0 saturated heterocycles. The summed E-state index contributed by atoms with van der Waals surface area (Å²) >= 11 is 0. The van der Waals surface area contributed by atoms with Crippen molar-refractivity contribution in [3.63, 3.8) is 0 Å². The van der Waals surface area contributed by atoms with Gasteiger partial charge < -0.3 is 5.11 Å². The predicted molar refractivity (Wildman–Crippen MR) is 45.4 cm³/mol. The van der Waals surface area contributed by atoms with Crippen molar-refractivity contribution >= 4 is 0 Å². The molecule has 0 bridgehead atoms. The van der Waals surface area contributed by atoms with Crippen LogP contribution in [0.5, 0.6) is 0 Å². The van der Waals surface area contributed by atoms with Crippen LogP contribution in [0.15, 0.2) is 0 Å². The van der Waals surface area contributed by atoms with Gasteiger partial charge in [0.2, 0.25) is 0 Å². The van der Waals surface area contributed by atoms with Crippen molar-refractivity contribution in [2.75, 3.05) is 0 Å². The lowest BCUT2D eigenvalue weighted by Crippen LogP contribution is -2.50. The highest BCUT2D eigenvalue weighted by Crippen LogP contribution is 2.58. The highest BCUT2D eigenvalue weighted by Gasteiger charge is 2.53. The van der Waals surface area contributed by atoms with Gasteiger partial charge in [0.25, 0.3) is 0 Å². The molecule has 2 fully saturated rings. The zero-order chi connectivity index (χ0) is 7.95. The number of hydrogen-bond acceptors (Lipinski definition) is 1. The Bertz CT molecular complexity index is 148. The van der Waals surface area contributed by atoms with E-state index in [-0.39, 0.29) is 5.60 Å². The van der Waals surface area contributed by atoms with E-state index in [1.165, 1.54) is 25.7 Å². The van der Waals surface area contributed by atoms with E-state index >= 15 is 0 Å². The molecule has 64 valence electrons. The van der Waals surface area contributed by atoms with Crippen molar-refractivity contribution in [2.24, 2.45) is 5.41 Å². The Morgan fingerprint density at radius 2 is 1.73 bits per heavy atom. The van der Waals surface area contributed by atoms with Gasteiger partial charge in [-0.1, -0.05) is 19.8 Å². The van der Waals surface area contributed by atoms with Gasteiger partial charge in [-0.25, -0.2) is 0 Å². The summed E-state index contributed by atoms with van der Waals surface area (Å²) in [4.78, 5) is 0. The third-order valence-corrected chi connectivity index (χ3v) is 3.73. The third kappa shape index (κ3) is 1.10. The van der Waals surface area contributed by atoms with Crippen molar-refractivity contribution in [2.45, 2.75) is 57.5 Å². The van der Waals surface area contributed by atoms with Crippen LogP contribution >= 0.6 is 0 Å². The second-order valence-electron chi connectivity index (χ2n) is 4.64. The molecule has 2 aliphatic rings. The molecule has 1 heteroatoms. The Kier molecular flexibility index (Phi) is 1.54. The Labute approximate surface area is 68.8 Å². The predicted octanol–water partition coefficient (Wildman–Crippen LogP) is 2.48. The topological polar surface area (TPSA) is 20.2 Å². The summed E-state index contributed by atoms with van der Waals surface area (Å²) in [7, 11) is 0.